The van der Waals surface area contributed by atoms with E-state index in [4.69, 9.17) is 28.4 Å². The van der Waals surface area contributed by atoms with E-state index >= 15 is 0 Å². The molecule has 7 nitrogen and oxygen atoms in total. The summed E-state index contributed by atoms with van der Waals surface area (Å²) in [7, 11) is 8.27. The summed E-state index contributed by atoms with van der Waals surface area (Å²) in [6, 6.07) is 0. The molecular formula is C26H46O7. The molecule has 1 aliphatic heterocycles. The number of rotatable bonds is 13. The molecule has 1 aliphatic carbocycles. The Balaban J connectivity index is 2.02. The van der Waals surface area contributed by atoms with Gasteiger partial charge in [-0.25, -0.2) is 0 Å². The number of aliphatic hydroxyl groups excluding tert-OH is 1. The van der Waals surface area contributed by atoms with E-state index in [0.29, 0.717) is 17.8 Å². The van der Waals surface area contributed by atoms with Gasteiger partial charge < -0.3 is 33.5 Å². The zero-order valence-electron chi connectivity index (χ0n) is 21.9. The molecule has 1 heterocycles. The van der Waals surface area contributed by atoms with E-state index < -0.39 is 6.29 Å². The molecule has 33 heavy (non-hydrogen) atoms. The molecule has 7 heteroatoms. The highest BCUT2D eigenvalue weighted by Crippen LogP contribution is 2.49. The number of allylic oxidation sites excluding steroid dienone is 2. The summed E-state index contributed by atoms with van der Waals surface area (Å²) in [5.74, 6) is 1.39. The normalized spacial score (nSPS) is 36.5. The molecule has 0 aromatic heterocycles. The van der Waals surface area contributed by atoms with Gasteiger partial charge in [0, 0.05) is 41.5 Å². The van der Waals surface area contributed by atoms with Crippen LogP contribution in [0.5, 0.6) is 0 Å². The summed E-state index contributed by atoms with van der Waals surface area (Å²) in [6.07, 6.45) is 6.10. The van der Waals surface area contributed by atoms with Crippen LogP contribution in [0.1, 0.15) is 40.5 Å². The minimum absolute atomic E-state index is 0.0562. The summed E-state index contributed by atoms with van der Waals surface area (Å²) in [6.45, 7) is 8.47. The fourth-order valence-corrected chi connectivity index (χ4v) is 5.38. The van der Waals surface area contributed by atoms with Crippen LogP contribution in [0.25, 0.3) is 0 Å². The smallest absolute Gasteiger partial charge is 0.186 e. The summed E-state index contributed by atoms with van der Waals surface area (Å²) >= 11 is 0. The van der Waals surface area contributed by atoms with Gasteiger partial charge in [0.15, 0.2) is 6.29 Å². The Morgan fingerprint density at radius 3 is 2.12 bits per heavy atom. The monoisotopic (exact) mass is 470 g/mol. The molecule has 0 radical (unpaired) electrons. The molecule has 0 bridgehead atoms. The second kappa shape index (κ2) is 13.3. The first-order valence-electron chi connectivity index (χ1n) is 12.1. The van der Waals surface area contributed by atoms with E-state index in [1.807, 2.05) is 19.1 Å². The predicted octanol–water partition coefficient (Wildman–Crippen LogP) is 3.60. The standard InChI is InChI=1S/C26H46O7/c1-10-20(28-5)17(4)18-14-19(18)21(27)15(2)12-11-13-16(3)22-23(29-6)24(30-7)25(31-8)26(32-9)33-22/h11-13,15,17-27H,10,14H2,1-9H3/b12-11+,16-13+/t15-,17+,18+,19-,20+,21+,22-,23-,24+,25-,26+/m1/s1. The van der Waals surface area contributed by atoms with Crippen LogP contribution in [0.4, 0.5) is 0 Å². The number of ether oxygens (including phenoxy) is 6. The van der Waals surface area contributed by atoms with E-state index in [9.17, 15) is 5.11 Å². The van der Waals surface area contributed by atoms with Gasteiger partial charge in [-0.15, -0.1) is 0 Å². The average molecular weight is 471 g/mol. The quantitative estimate of drug-likeness (QED) is 0.412. The fraction of sp³-hybridized carbons (Fsp3) is 0.846. The Hall–Kier alpha value is -0.800. The summed E-state index contributed by atoms with van der Waals surface area (Å²) in [5.41, 5.74) is 0.988. The van der Waals surface area contributed by atoms with Gasteiger partial charge in [0.1, 0.15) is 24.4 Å². The minimum atomic E-state index is -0.558. The molecule has 0 amide bonds. The van der Waals surface area contributed by atoms with Crippen molar-refractivity contribution in [2.45, 2.75) is 83.5 Å². The van der Waals surface area contributed by atoms with Crippen molar-refractivity contribution in [3.05, 3.63) is 23.8 Å². The minimum Gasteiger partial charge on any atom is -0.392 e. The van der Waals surface area contributed by atoms with Crippen LogP contribution < -0.4 is 0 Å². The predicted molar refractivity (Wildman–Crippen MR) is 128 cm³/mol. The second-order valence-corrected chi connectivity index (χ2v) is 9.51. The molecule has 0 unspecified atom stereocenters. The van der Waals surface area contributed by atoms with E-state index in [1.54, 1.807) is 35.5 Å². The molecule has 1 saturated heterocycles. The zero-order valence-corrected chi connectivity index (χ0v) is 21.9. The van der Waals surface area contributed by atoms with Gasteiger partial charge in [-0.2, -0.15) is 0 Å². The lowest BCUT2D eigenvalue weighted by molar-refractivity contribution is -0.295. The topological polar surface area (TPSA) is 75.6 Å². The zero-order chi connectivity index (χ0) is 24.7. The molecule has 1 saturated carbocycles. The Labute approximate surface area is 200 Å². The lowest BCUT2D eigenvalue weighted by atomic mass is 9.91. The van der Waals surface area contributed by atoms with Crippen LogP contribution in [-0.2, 0) is 28.4 Å². The van der Waals surface area contributed by atoms with E-state index in [1.165, 1.54) is 0 Å². The van der Waals surface area contributed by atoms with Gasteiger partial charge in [0.2, 0.25) is 0 Å². The van der Waals surface area contributed by atoms with E-state index in [2.05, 4.69) is 26.8 Å². The number of hydrogen-bond donors (Lipinski definition) is 1. The average Bonchev–Trinajstić information content (AvgIpc) is 3.63. The summed E-state index contributed by atoms with van der Waals surface area (Å²) < 4.78 is 34.2. The van der Waals surface area contributed by atoms with Crippen LogP contribution >= 0.6 is 0 Å². The highest BCUT2D eigenvalue weighted by Gasteiger charge is 2.49. The van der Waals surface area contributed by atoms with Crippen LogP contribution in [-0.4, -0.2) is 83.6 Å². The lowest BCUT2D eigenvalue weighted by Gasteiger charge is -2.44. The maximum Gasteiger partial charge on any atom is 0.186 e. The number of methoxy groups -OCH3 is 5. The summed E-state index contributed by atoms with van der Waals surface area (Å²) in [5, 5.41) is 10.9. The first-order valence-corrected chi connectivity index (χ1v) is 12.1. The van der Waals surface area contributed by atoms with Gasteiger partial charge in [-0.3, -0.25) is 0 Å². The Bertz CT molecular complexity index is 632. The van der Waals surface area contributed by atoms with Gasteiger partial charge in [0.05, 0.1) is 12.2 Å². The van der Waals surface area contributed by atoms with Crippen LogP contribution in [0, 0.1) is 23.7 Å². The molecule has 0 aromatic rings. The molecule has 192 valence electrons. The van der Waals surface area contributed by atoms with Crippen molar-refractivity contribution in [3.8, 4) is 0 Å². The highest BCUT2D eigenvalue weighted by molar-refractivity contribution is 5.19. The van der Waals surface area contributed by atoms with Crippen molar-refractivity contribution < 1.29 is 33.5 Å². The third kappa shape index (κ3) is 6.66. The molecule has 1 N–H and O–H groups in total. The molecule has 2 aliphatic rings. The lowest BCUT2D eigenvalue weighted by Crippen LogP contribution is -2.60. The largest absolute Gasteiger partial charge is 0.392 e. The molecular weight excluding hydrogens is 424 g/mol. The molecule has 0 aromatic carbocycles. The van der Waals surface area contributed by atoms with Gasteiger partial charge >= 0.3 is 0 Å². The highest BCUT2D eigenvalue weighted by atomic mass is 16.7. The van der Waals surface area contributed by atoms with Crippen molar-refractivity contribution in [2.24, 2.45) is 23.7 Å². The Kier molecular flexibility index (Phi) is 11.5. The summed E-state index contributed by atoms with van der Waals surface area (Å²) in [4.78, 5) is 0. The molecule has 2 fully saturated rings. The molecule has 2 rings (SSSR count). The van der Waals surface area contributed by atoms with Gasteiger partial charge in [-0.1, -0.05) is 39.0 Å². The van der Waals surface area contributed by atoms with Crippen LogP contribution in [0.2, 0.25) is 0 Å². The van der Waals surface area contributed by atoms with Crippen molar-refractivity contribution in [1.29, 1.82) is 0 Å². The Morgan fingerprint density at radius 2 is 1.61 bits per heavy atom. The SMILES string of the molecule is CC[C@H](OC)[C@@H](C)[C@@H]1C[C@H]1[C@@H](O)[C@H](C)/C=C/C=C(\C)[C@H]1O[C@H](OC)[C@H](OC)[C@@H](OC)[C@@H]1OC. The van der Waals surface area contributed by atoms with Gasteiger partial charge in [0.25, 0.3) is 0 Å². The number of aliphatic hydroxyl groups is 1. The van der Waals surface area contributed by atoms with Crippen LogP contribution in [0.15, 0.2) is 23.8 Å². The van der Waals surface area contributed by atoms with Crippen LogP contribution in [0.3, 0.4) is 0 Å². The van der Waals surface area contributed by atoms with Gasteiger partial charge in [-0.05, 0) is 43.1 Å². The second-order valence-electron chi connectivity index (χ2n) is 9.51. The van der Waals surface area contributed by atoms with E-state index in [0.717, 1.165) is 18.4 Å². The molecule has 0 spiro atoms. The van der Waals surface area contributed by atoms with Crippen molar-refractivity contribution in [2.75, 3.05) is 35.5 Å². The first-order chi connectivity index (χ1) is 15.8. The Morgan fingerprint density at radius 1 is 0.970 bits per heavy atom. The maximum atomic E-state index is 10.9. The van der Waals surface area contributed by atoms with E-state index in [-0.39, 0.29) is 42.5 Å². The third-order valence-electron chi connectivity index (χ3n) is 7.60. The first kappa shape index (κ1) is 28.4. The maximum absolute atomic E-state index is 10.9. The van der Waals surface area contributed by atoms with Crippen molar-refractivity contribution in [1.82, 2.24) is 0 Å². The fourth-order valence-electron chi connectivity index (χ4n) is 5.38. The third-order valence-corrected chi connectivity index (χ3v) is 7.60. The number of hydrogen-bond acceptors (Lipinski definition) is 7. The van der Waals surface area contributed by atoms with Crippen molar-refractivity contribution in [3.63, 3.8) is 0 Å². The molecule has 11 atom stereocenters. The van der Waals surface area contributed by atoms with Crippen molar-refractivity contribution >= 4 is 0 Å².